The Kier molecular flexibility index (Phi) is 3.72. The smallest absolute Gasteiger partial charge is 0.276 e. The quantitative estimate of drug-likeness (QED) is 0.615. The SMILES string of the molecule is O=C(Nc1nc2ccccc2s1)c1cccc(-c2ccccn2)n1. The van der Waals surface area contributed by atoms with E-state index >= 15 is 0 Å². The van der Waals surface area contributed by atoms with Gasteiger partial charge in [-0.05, 0) is 36.4 Å². The summed E-state index contributed by atoms with van der Waals surface area (Å²) in [6.45, 7) is 0. The van der Waals surface area contributed by atoms with Crippen LogP contribution in [0, 0.1) is 0 Å². The van der Waals surface area contributed by atoms with Gasteiger partial charge in [0, 0.05) is 6.20 Å². The Balaban J connectivity index is 1.60. The number of pyridine rings is 2. The zero-order chi connectivity index (χ0) is 16.4. The van der Waals surface area contributed by atoms with Crippen molar-refractivity contribution in [1.82, 2.24) is 15.0 Å². The number of fused-ring (bicyclic) bond motifs is 1. The van der Waals surface area contributed by atoms with Crippen LogP contribution in [-0.4, -0.2) is 20.9 Å². The highest BCUT2D eigenvalue weighted by molar-refractivity contribution is 7.22. The average Bonchev–Trinajstić information content (AvgIpc) is 3.05. The number of carbonyl (C=O) groups is 1. The molecule has 3 heterocycles. The maximum absolute atomic E-state index is 12.4. The molecule has 1 aromatic carbocycles. The summed E-state index contributed by atoms with van der Waals surface area (Å²) in [5.41, 5.74) is 2.59. The minimum absolute atomic E-state index is 0.285. The lowest BCUT2D eigenvalue weighted by Gasteiger charge is -2.04. The van der Waals surface area contributed by atoms with Crippen molar-refractivity contribution in [2.45, 2.75) is 0 Å². The summed E-state index contributed by atoms with van der Waals surface area (Å²) in [4.78, 5) is 25.5. The first kappa shape index (κ1) is 14.5. The topological polar surface area (TPSA) is 67.8 Å². The van der Waals surface area contributed by atoms with Crippen LogP contribution in [0.4, 0.5) is 5.13 Å². The molecule has 5 nitrogen and oxygen atoms in total. The van der Waals surface area contributed by atoms with E-state index in [0.717, 1.165) is 15.9 Å². The summed E-state index contributed by atoms with van der Waals surface area (Å²) < 4.78 is 1.03. The molecule has 4 rings (SSSR count). The molecule has 0 aliphatic rings. The maximum Gasteiger partial charge on any atom is 0.276 e. The number of para-hydroxylation sites is 1. The fourth-order valence-electron chi connectivity index (χ4n) is 2.30. The van der Waals surface area contributed by atoms with Crippen LogP contribution in [0.15, 0.2) is 66.9 Å². The summed E-state index contributed by atoms with van der Waals surface area (Å²) in [5, 5.41) is 3.37. The van der Waals surface area contributed by atoms with E-state index in [-0.39, 0.29) is 5.91 Å². The molecule has 4 aromatic rings. The maximum atomic E-state index is 12.4. The lowest BCUT2D eigenvalue weighted by atomic mass is 10.2. The summed E-state index contributed by atoms with van der Waals surface area (Å²) in [6, 6.07) is 18.7. The second-order valence-corrected chi connectivity index (χ2v) is 6.09. The Morgan fingerprint density at radius 3 is 2.54 bits per heavy atom. The molecule has 116 valence electrons. The minimum Gasteiger partial charge on any atom is -0.296 e. The fraction of sp³-hybridized carbons (Fsp3) is 0. The Bertz CT molecular complexity index is 981. The highest BCUT2D eigenvalue weighted by Crippen LogP contribution is 2.25. The third kappa shape index (κ3) is 2.87. The first-order valence-electron chi connectivity index (χ1n) is 7.35. The number of carbonyl (C=O) groups excluding carboxylic acids is 1. The number of aromatic nitrogens is 3. The Labute approximate surface area is 142 Å². The molecule has 24 heavy (non-hydrogen) atoms. The molecule has 0 radical (unpaired) electrons. The molecule has 0 unspecified atom stereocenters. The Morgan fingerprint density at radius 2 is 1.71 bits per heavy atom. The lowest BCUT2D eigenvalue weighted by Crippen LogP contribution is -2.13. The number of benzene rings is 1. The number of hydrogen-bond acceptors (Lipinski definition) is 5. The van der Waals surface area contributed by atoms with Crippen LogP contribution in [0.2, 0.25) is 0 Å². The predicted molar refractivity (Wildman–Crippen MR) is 95.0 cm³/mol. The molecule has 0 saturated heterocycles. The van der Waals surface area contributed by atoms with E-state index in [9.17, 15) is 4.79 Å². The van der Waals surface area contributed by atoms with Gasteiger partial charge >= 0.3 is 0 Å². The lowest BCUT2D eigenvalue weighted by molar-refractivity contribution is 0.102. The molecule has 0 atom stereocenters. The van der Waals surface area contributed by atoms with E-state index in [1.165, 1.54) is 11.3 Å². The van der Waals surface area contributed by atoms with Crippen LogP contribution in [0.25, 0.3) is 21.6 Å². The second kappa shape index (κ2) is 6.17. The number of anilines is 1. The van der Waals surface area contributed by atoms with Gasteiger partial charge in [-0.2, -0.15) is 0 Å². The number of nitrogens with one attached hydrogen (secondary N) is 1. The first-order valence-corrected chi connectivity index (χ1v) is 8.17. The first-order chi connectivity index (χ1) is 11.8. The van der Waals surface area contributed by atoms with Gasteiger partial charge in [-0.25, -0.2) is 9.97 Å². The third-order valence-electron chi connectivity index (χ3n) is 3.42. The van der Waals surface area contributed by atoms with E-state index in [1.807, 2.05) is 48.5 Å². The number of nitrogens with zero attached hydrogens (tertiary/aromatic N) is 3. The summed E-state index contributed by atoms with van der Waals surface area (Å²) in [5.74, 6) is -0.285. The van der Waals surface area contributed by atoms with Crippen LogP contribution in [0.1, 0.15) is 10.5 Å². The normalized spacial score (nSPS) is 10.7. The number of rotatable bonds is 3. The monoisotopic (exact) mass is 332 g/mol. The highest BCUT2D eigenvalue weighted by atomic mass is 32.1. The largest absolute Gasteiger partial charge is 0.296 e. The molecule has 0 fully saturated rings. The van der Waals surface area contributed by atoms with Crippen LogP contribution in [0.3, 0.4) is 0 Å². The number of hydrogen-bond donors (Lipinski definition) is 1. The fourth-order valence-corrected chi connectivity index (χ4v) is 3.17. The van der Waals surface area contributed by atoms with Gasteiger partial charge in [0.1, 0.15) is 5.69 Å². The standard InChI is InChI=1S/C18H12N4OS/c23-17(22-18-21-14-7-1-2-10-16(14)24-18)15-9-5-8-13(20-15)12-6-3-4-11-19-12/h1-11H,(H,21,22,23). The van der Waals surface area contributed by atoms with Crippen LogP contribution >= 0.6 is 11.3 Å². The Hall–Kier alpha value is -3.12. The van der Waals surface area contributed by atoms with Crippen molar-refractivity contribution in [1.29, 1.82) is 0 Å². The molecule has 0 aliphatic carbocycles. The predicted octanol–water partition coefficient (Wildman–Crippen LogP) is 4.01. The van der Waals surface area contributed by atoms with Crippen molar-refractivity contribution in [2.24, 2.45) is 0 Å². The molecule has 6 heteroatoms. The van der Waals surface area contributed by atoms with Gasteiger partial charge in [0.2, 0.25) is 0 Å². The van der Waals surface area contributed by atoms with Crippen molar-refractivity contribution in [2.75, 3.05) is 5.32 Å². The molecular formula is C18H12N4OS. The molecule has 1 amide bonds. The van der Waals surface area contributed by atoms with E-state index < -0.39 is 0 Å². The van der Waals surface area contributed by atoms with Crippen LogP contribution < -0.4 is 5.32 Å². The Morgan fingerprint density at radius 1 is 0.875 bits per heavy atom. The summed E-state index contributed by atoms with van der Waals surface area (Å²) in [6.07, 6.45) is 1.70. The van der Waals surface area contributed by atoms with Gasteiger partial charge in [-0.1, -0.05) is 35.6 Å². The third-order valence-corrected chi connectivity index (χ3v) is 4.38. The van der Waals surface area contributed by atoms with Crippen molar-refractivity contribution >= 4 is 32.6 Å². The van der Waals surface area contributed by atoms with Crippen molar-refractivity contribution in [3.8, 4) is 11.4 Å². The van der Waals surface area contributed by atoms with Gasteiger partial charge in [-0.3, -0.25) is 15.1 Å². The molecular weight excluding hydrogens is 320 g/mol. The molecule has 0 spiro atoms. The molecule has 0 bridgehead atoms. The van der Waals surface area contributed by atoms with Crippen LogP contribution in [0.5, 0.6) is 0 Å². The zero-order valence-electron chi connectivity index (χ0n) is 12.5. The van der Waals surface area contributed by atoms with Gasteiger partial charge in [0.05, 0.1) is 21.6 Å². The molecule has 0 aliphatic heterocycles. The molecule has 3 aromatic heterocycles. The number of thiazole rings is 1. The number of amides is 1. The van der Waals surface area contributed by atoms with Crippen molar-refractivity contribution < 1.29 is 4.79 Å². The van der Waals surface area contributed by atoms with Gasteiger partial charge in [-0.15, -0.1) is 0 Å². The van der Waals surface area contributed by atoms with Gasteiger partial charge in [0.25, 0.3) is 5.91 Å². The van der Waals surface area contributed by atoms with Gasteiger partial charge in [0.15, 0.2) is 5.13 Å². The minimum atomic E-state index is -0.285. The molecule has 0 saturated carbocycles. The average molecular weight is 332 g/mol. The van der Waals surface area contributed by atoms with Crippen molar-refractivity contribution in [3.63, 3.8) is 0 Å². The van der Waals surface area contributed by atoms with E-state index in [2.05, 4.69) is 20.3 Å². The zero-order valence-corrected chi connectivity index (χ0v) is 13.3. The summed E-state index contributed by atoms with van der Waals surface area (Å²) >= 11 is 1.44. The van der Waals surface area contributed by atoms with E-state index in [0.29, 0.717) is 16.5 Å². The molecule has 1 N–H and O–H groups in total. The summed E-state index contributed by atoms with van der Waals surface area (Å²) in [7, 11) is 0. The van der Waals surface area contributed by atoms with Gasteiger partial charge < -0.3 is 0 Å². The second-order valence-electron chi connectivity index (χ2n) is 5.06. The van der Waals surface area contributed by atoms with Crippen molar-refractivity contribution in [3.05, 3.63) is 72.6 Å². The van der Waals surface area contributed by atoms with E-state index in [1.54, 1.807) is 18.3 Å². The highest BCUT2D eigenvalue weighted by Gasteiger charge is 2.12. The van der Waals surface area contributed by atoms with E-state index in [4.69, 9.17) is 0 Å². The van der Waals surface area contributed by atoms with Crippen LogP contribution in [-0.2, 0) is 0 Å².